The second kappa shape index (κ2) is 33.7. The van der Waals surface area contributed by atoms with E-state index < -0.39 is 0 Å². The van der Waals surface area contributed by atoms with Gasteiger partial charge in [0.2, 0.25) is 0 Å². The number of hydrogen-bond acceptors (Lipinski definition) is 10. The Morgan fingerprint density at radius 2 is 0.472 bits per heavy atom. The second-order valence-corrected chi connectivity index (χ2v) is 39.8. The average molecular weight is 1890 g/mol. The van der Waals surface area contributed by atoms with Gasteiger partial charge in [0.1, 0.15) is 5.82 Å². The Bertz CT molecular complexity index is 10600. The van der Waals surface area contributed by atoms with Gasteiger partial charge in [-0.25, -0.2) is 34.9 Å². The summed E-state index contributed by atoms with van der Waals surface area (Å²) in [5.74, 6) is 4.23. The minimum Gasteiger partial charge on any atom is -0.307 e. The van der Waals surface area contributed by atoms with E-state index in [1.807, 2.05) is 131 Å². The number of aromatic nitrogens is 10. The maximum absolute atomic E-state index is 5.38. The number of thiophene rings is 3. The Labute approximate surface area is 836 Å². The molecule has 0 saturated carbocycles. The standard InChI is InChI=1S/C47H28N4S.2C42H25N3S/c1-3-14-30(15-4-1)45-48-46(31-16-5-2-6-17-31)50-47(49-45)32-23-26-33(27-24-32)51-42-34-18-8-7-13-29(34)25-28-38(42)40-35-19-9-10-20-36(35)41-37-21-11-12-22-39(37)52-44(41)43(40)51;1-3-14-27(15-4-1)38-34(25-43-42(44-38)28-16-5-2-6-17-28)45-39-29-18-8-7-13-26(29)23-24-33(39)36-30-19-9-10-20-31(30)37-32-21-11-12-22-35(32)46-41(37)40(36)45;1-3-14-27(15-4-1)34-25-36(44-42(43-34)28-16-5-2-6-17-28)45-39-29-18-8-7-13-26(29)23-24-33(39)37-30-19-9-10-20-31(30)38-32-21-11-12-22-35(32)46-41(38)40(37)45/h1-28H;2*1-25H. The Morgan fingerprint density at radius 3 is 0.868 bits per heavy atom. The van der Waals surface area contributed by atoms with Gasteiger partial charge in [0.25, 0.3) is 0 Å². The van der Waals surface area contributed by atoms with Crippen LogP contribution in [0.15, 0.2) is 473 Å². The van der Waals surface area contributed by atoms with Crippen molar-refractivity contribution in [3.05, 3.63) is 473 Å². The molecule has 31 rings (SSSR count). The molecule has 13 heteroatoms. The van der Waals surface area contributed by atoms with Crippen LogP contribution in [0.5, 0.6) is 0 Å². The highest BCUT2D eigenvalue weighted by Crippen LogP contribution is 2.55. The molecule has 0 radical (unpaired) electrons. The van der Waals surface area contributed by atoms with E-state index in [1.165, 1.54) is 191 Å². The first-order chi connectivity index (χ1) is 71.5. The van der Waals surface area contributed by atoms with E-state index >= 15 is 0 Å². The lowest BCUT2D eigenvalue weighted by Crippen LogP contribution is -2.03. The van der Waals surface area contributed by atoms with Crippen LogP contribution in [0.25, 0.3) is 287 Å². The monoisotopic (exact) mass is 1890 g/mol. The van der Waals surface area contributed by atoms with Crippen molar-refractivity contribution in [3.8, 4) is 96.6 Å². The van der Waals surface area contributed by atoms with Crippen molar-refractivity contribution < 1.29 is 0 Å². The fourth-order valence-electron chi connectivity index (χ4n) is 22.3. The van der Waals surface area contributed by atoms with E-state index in [0.717, 1.165) is 67.5 Å². The van der Waals surface area contributed by atoms with Crippen LogP contribution >= 0.6 is 34.0 Å². The predicted molar refractivity (Wildman–Crippen MR) is 609 cm³/mol. The normalized spacial score (nSPS) is 11.9. The summed E-state index contributed by atoms with van der Waals surface area (Å²) in [7, 11) is 0. The van der Waals surface area contributed by atoms with E-state index in [9.17, 15) is 0 Å². The van der Waals surface area contributed by atoms with Gasteiger partial charge >= 0.3 is 0 Å². The van der Waals surface area contributed by atoms with Crippen LogP contribution in [-0.4, -0.2) is 48.6 Å². The van der Waals surface area contributed by atoms with Crippen LogP contribution in [-0.2, 0) is 0 Å². The smallest absolute Gasteiger partial charge is 0.164 e. The van der Waals surface area contributed by atoms with Crippen molar-refractivity contribution in [1.29, 1.82) is 0 Å². The SMILES string of the molecule is c1ccc(-c2cc(-n3c4c5ccccc5ccc4c4c5ccccc5c5c6ccccc6sc5c43)nc(-c3ccccc3)n2)cc1.c1ccc(-c2nc(-c3ccccc3)nc(-c3ccc(-n4c5c6ccccc6ccc5c5c6ccccc6c6c7ccccc7sc6c54)cc3)n2)cc1.c1ccc(-c2ncc(-n3c4c5ccccc5ccc4c4c5ccccc5c5c6ccccc6sc5c43)c(-c3ccccc3)n2)cc1. The first kappa shape index (κ1) is 82.7. The van der Waals surface area contributed by atoms with E-state index in [4.69, 9.17) is 34.9 Å². The summed E-state index contributed by atoms with van der Waals surface area (Å²) in [6.07, 6.45) is 2.03. The van der Waals surface area contributed by atoms with Crippen molar-refractivity contribution in [2.75, 3.05) is 0 Å². The minimum atomic E-state index is 0.643. The van der Waals surface area contributed by atoms with E-state index in [-0.39, 0.29) is 0 Å². The number of rotatable bonds is 10. The lowest BCUT2D eigenvalue weighted by Gasteiger charge is -2.16. The van der Waals surface area contributed by atoms with Crippen molar-refractivity contribution in [2.24, 2.45) is 0 Å². The summed E-state index contributed by atoms with van der Waals surface area (Å²) < 4.78 is 15.1. The summed E-state index contributed by atoms with van der Waals surface area (Å²) in [6, 6.07) is 166. The van der Waals surface area contributed by atoms with Crippen molar-refractivity contribution in [3.63, 3.8) is 0 Å². The minimum absolute atomic E-state index is 0.643. The molecule has 0 saturated heterocycles. The first-order valence-corrected chi connectivity index (χ1v) is 50.9. The topological polar surface area (TPSA) is 105 Å². The lowest BCUT2D eigenvalue weighted by atomic mass is 9.98. The summed E-state index contributed by atoms with van der Waals surface area (Å²) in [6.45, 7) is 0. The molecule has 0 unspecified atom stereocenters. The van der Waals surface area contributed by atoms with E-state index in [1.54, 1.807) is 0 Å². The quantitative estimate of drug-likeness (QED) is 0.134. The maximum atomic E-state index is 5.38. The Morgan fingerprint density at radius 1 is 0.181 bits per heavy atom. The zero-order valence-corrected chi connectivity index (χ0v) is 79.7. The Kier molecular flexibility index (Phi) is 19.4. The lowest BCUT2D eigenvalue weighted by molar-refractivity contribution is 1.05. The fraction of sp³-hybridized carbons (Fsp3) is 0. The molecule has 22 aromatic carbocycles. The molecule has 0 bridgehead atoms. The summed E-state index contributed by atoms with van der Waals surface area (Å²) in [5, 5.41) is 30.3. The number of nitrogens with zero attached hydrogens (tertiary/aromatic N) is 10. The van der Waals surface area contributed by atoms with Crippen LogP contribution in [0.1, 0.15) is 0 Å². The van der Waals surface area contributed by atoms with E-state index in [2.05, 4.69) is 390 Å². The van der Waals surface area contributed by atoms with Gasteiger partial charge < -0.3 is 9.13 Å². The highest BCUT2D eigenvalue weighted by atomic mass is 32.1. The largest absolute Gasteiger partial charge is 0.307 e. The number of fused-ring (bicyclic) bond motifs is 36. The van der Waals surface area contributed by atoms with Gasteiger partial charge in [0.05, 0.1) is 70.5 Å². The molecule has 0 aliphatic heterocycles. The van der Waals surface area contributed by atoms with Crippen LogP contribution in [0.4, 0.5) is 0 Å². The highest BCUT2D eigenvalue weighted by molar-refractivity contribution is 7.28. The van der Waals surface area contributed by atoms with Gasteiger partial charge in [-0.05, 0) is 90.9 Å². The molecular formula is C131H78N10S3. The maximum Gasteiger partial charge on any atom is 0.164 e. The van der Waals surface area contributed by atoms with Gasteiger partial charge in [0, 0.05) is 146 Å². The summed E-state index contributed by atoms with van der Waals surface area (Å²) in [5.41, 5.74) is 18.0. The zero-order valence-electron chi connectivity index (χ0n) is 77.2. The van der Waals surface area contributed by atoms with Gasteiger partial charge in [-0.3, -0.25) is 4.57 Å². The van der Waals surface area contributed by atoms with Crippen LogP contribution < -0.4 is 0 Å². The molecule has 0 spiro atoms. The summed E-state index contributed by atoms with van der Waals surface area (Å²) in [4.78, 5) is 35.8. The zero-order chi connectivity index (χ0) is 94.6. The second-order valence-electron chi connectivity index (χ2n) is 36.7. The molecule has 144 heavy (non-hydrogen) atoms. The van der Waals surface area contributed by atoms with Crippen molar-refractivity contribution >= 4 is 225 Å². The molecule has 0 aliphatic rings. The van der Waals surface area contributed by atoms with Gasteiger partial charge in [-0.15, -0.1) is 34.0 Å². The van der Waals surface area contributed by atoms with Gasteiger partial charge in [-0.2, -0.15) is 0 Å². The molecule has 0 atom stereocenters. The van der Waals surface area contributed by atoms with E-state index in [0.29, 0.717) is 29.1 Å². The van der Waals surface area contributed by atoms with Gasteiger partial charge in [-0.1, -0.05) is 419 Å². The van der Waals surface area contributed by atoms with Gasteiger partial charge in [0.15, 0.2) is 29.1 Å². The third kappa shape index (κ3) is 13.2. The number of benzene rings is 22. The number of hydrogen-bond donors (Lipinski definition) is 0. The third-order valence-electron chi connectivity index (χ3n) is 28.6. The molecule has 0 N–H and O–H groups in total. The Hall–Kier alpha value is -18.4. The summed E-state index contributed by atoms with van der Waals surface area (Å²) >= 11 is 5.63. The van der Waals surface area contributed by atoms with Crippen molar-refractivity contribution in [2.45, 2.75) is 0 Å². The molecule has 0 aliphatic carbocycles. The molecule has 31 aromatic rings. The first-order valence-electron chi connectivity index (χ1n) is 48.5. The highest BCUT2D eigenvalue weighted by Gasteiger charge is 2.31. The van der Waals surface area contributed by atoms with Crippen LogP contribution in [0.3, 0.4) is 0 Å². The molecule has 670 valence electrons. The molecule has 9 heterocycles. The third-order valence-corrected chi connectivity index (χ3v) is 32.1. The Balaban J connectivity index is 0.000000103. The molecule has 9 aromatic heterocycles. The van der Waals surface area contributed by atoms with Crippen molar-refractivity contribution in [1.82, 2.24) is 48.6 Å². The molecule has 0 amide bonds. The fourth-order valence-corrected chi connectivity index (χ4v) is 26.1. The molecule has 0 fully saturated rings. The predicted octanol–water partition coefficient (Wildman–Crippen LogP) is 35.8. The molecular weight excluding hydrogens is 1810 g/mol. The van der Waals surface area contributed by atoms with Crippen LogP contribution in [0, 0.1) is 0 Å². The average Bonchev–Trinajstić information content (AvgIpc) is 1.54. The van der Waals surface area contributed by atoms with Crippen LogP contribution in [0.2, 0.25) is 0 Å². The molecule has 10 nitrogen and oxygen atoms in total.